The van der Waals surface area contributed by atoms with Crippen molar-refractivity contribution >= 4 is 11.7 Å². The molecule has 2 N–H and O–H groups in total. The standard InChI is InChI=1S/C15H16N4O2/c1-3-19-13(10-11(2)18-19)15(21)17-14-8-4-6-12(16-14)7-5-9-20/h4,6,8,10,20H,3,9H2,1-2H3,(H,16,17,21). The quantitative estimate of drug-likeness (QED) is 0.830. The minimum Gasteiger partial charge on any atom is -0.384 e. The number of aliphatic hydroxyl groups is 1. The maximum absolute atomic E-state index is 12.2. The summed E-state index contributed by atoms with van der Waals surface area (Å²) in [5.41, 5.74) is 1.77. The number of aliphatic hydroxyl groups excluding tert-OH is 1. The van der Waals surface area contributed by atoms with Crippen LogP contribution in [0.25, 0.3) is 0 Å². The number of anilines is 1. The third-order valence-corrected chi connectivity index (χ3v) is 2.72. The predicted molar refractivity (Wildman–Crippen MR) is 78.8 cm³/mol. The molecule has 0 bridgehead atoms. The van der Waals surface area contributed by atoms with Crippen LogP contribution in [0.4, 0.5) is 5.82 Å². The zero-order valence-electron chi connectivity index (χ0n) is 11.9. The van der Waals surface area contributed by atoms with Gasteiger partial charge in [-0.2, -0.15) is 5.10 Å². The fourth-order valence-corrected chi connectivity index (χ4v) is 1.85. The van der Waals surface area contributed by atoms with Crippen LogP contribution < -0.4 is 5.32 Å². The molecule has 0 aromatic carbocycles. The van der Waals surface area contributed by atoms with Crippen molar-refractivity contribution in [2.45, 2.75) is 20.4 Å². The Labute approximate surface area is 122 Å². The third-order valence-electron chi connectivity index (χ3n) is 2.72. The highest BCUT2D eigenvalue weighted by atomic mass is 16.2. The van der Waals surface area contributed by atoms with Crippen LogP contribution in [0.5, 0.6) is 0 Å². The van der Waals surface area contributed by atoms with Gasteiger partial charge in [-0.3, -0.25) is 9.48 Å². The maximum atomic E-state index is 12.2. The molecule has 6 heteroatoms. The van der Waals surface area contributed by atoms with E-state index in [0.29, 0.717) is 23.8 Å². The van der Waals surface area contributed by atoms with E-state index in [1.54, 1.807) is 28.9 Å². The highest BCUT2D eigenvalue weighted by Gasteiger charge is 2.13. The zero-order valence-corrected chi connectivity index (χ0v) is 11.9. The van der Waals surface area contributed by atoms with Gasteiger partial charge < -0.3 is 10.4 Å². The third kappa shape index (κ3) is 3.68. The molecular formula is C15H16N4O2. The molecule has 108 valence electrons. The number of nitrogens with zero attached hydrogens (tertiary/aromatic N) is 3. The van der Waals surface area contributed by atoms with Crippen LogP contribution in [-0.2, 0) is 6.54 Å². The summed E-state index contributed by atoms with van der Waals surface area (Å²) in [5.74, 6) is 5.35. The number of hydrogen-bond acceptors (Lipinski definition) is 4. The lowest BCUT2D eigenvalue weighted by Gasteiger charge is -2.06. The van der Waals surface area contributed by atoms with Crippen molar-refractivity contribution in [2.24, 2.45) is 0 Å². The van der Waals surface area contributed by atoms with Crippen LogP contribution in [0, 0.1) is 18.8 Å². The molecule has 0 saturated carbocycles. The van der Waals surface area contributed by atoms with E-state index in [0.717, 1.165) is 5.69 Å². The molecule has 0 fully saturated rings. The van der Waals surface area contributed by atoms with Crippen LogP contribution in [0.1, 0.15) is 28.8 Å². The zero-order chi connectivity index (χ0) is 15.2. The van der Waals surface area contributed by atoms with E-state index in [9.17, 15) is 4.79 Å². The molecular weight excluding hydrogens is 268 g/mol. The van der Waals surface area contributed by atoms with Crippen molar-refractivity contribution in [3.63, 3.8) is 0 Å². The second-order valence-corrected chi connectivity index (χ2v) is 4.31. The second kappa shape index (κ2) is 6.68. The van der Waals surface area contributed by atoms with E-state index in [1.165, 1.54) is 0 Å². The Morgan fingerprint density at radius 2 is 2.29 bits per heavy atom. The van der Waals surface area contributed by atoms with E-state index >= 15 is 0 Å². The summed E-state index contributed by atoms with van der Waals surface area (Å²) in [4.78, 5) is 16.4. The Kier molecular flexibility index (Phi) is 4.69. The van der Waals surface area contributed by atoms with E-state index < -0.39 is 0 Å². The van der Waals surface area contributed by atoms with E-state index in [4.69, 9.17) is 5.11 Å². The van der Waals surface area contributed by atoms with Gasteiger partial charge in [0, 0.05) is 6.54 Å². The van der Waals surface area contributed by atoms with Crippen molar-refractivity contribution in [1.29, 1.82) is 0 Å². The normalized spacial score (nSPS) is 9.86. The molecule has 0 aliphatic heterocycles. The molecule has 2 aromatic rings. The Hall–Kier alpha value is -2.65. The van der Waals surface area contributed by atoms with E-state index in [-0.39, 0.29) is 12.5 Å². The van der Waals surface area contributed by atoms with Crippen molar-refractivity contribution in [1.82, 2.24) is 14.8 Å². The molecule has 0 saturated heterocycles. The van der Waals surface area contributed by atoms with Crippen LogP contribution in [-0.4, -0.2) is 32.4 Å². The molecule has 0 spiro atoms. The lowest BCUT2D eigenvalue weighted by atomic mass is 10.3. The van der Waals surface area contributed by atoms with E-state index in [1.807, 2.05) is 13.8 Å². The number of carbonyl (C=O) groups excluding carboxylic acids is 1. The lowest BCUT2D eigenvalue weighted by Crippen LogP contribution is -2.18. The van der Waals surface area contributed by atoms with Crippen molar-refractivity contribution in [2.75, 3.05) is 11.9 Å². The Bertz CT molecular complexity index is 710. The van der Waals surface area contributed by atoms with Crippen LogP contribution in [0.3, 0.4) is 0 Å². The summed E-state index contributed by atoms with van der Waals surface area (Å²) >= 11 is 0. The molecule has 0 radical (unpaired) electrons. The molecule has 6 nitrogen and oxygen atoms in total. The number of hydrogen-bond donors (Lipinski definition) is 2. The Morgan fingerprint density at radius 3 is 3.00 bits per heavy atom. The first-order valence-corrected chi connectivity index (χ1v) is 6.56. The lowest BCUT2D eigenvalue weighted by molar-refractivity contribution is 0.101. The van der Waals surface area contributed by atoms with E-state index in [2.05, 4.69) is 27.2 Å². The topological polar surface area (TPSA) is 80.0 Å². The average Bonchev–Trinajstić information content (AvgIpc) is 2.87. The maximum Gasteiger partial charge on any atom is 0.275 e. The van der Waals surface area contributed by atoms with Gasteiger partial charge in [0.25, 0.3) is 5.91 Å². The van der Waals surface area contributed by atoms with Gasteiger partial charge in [-0.25, -0.2) is 4.98 Å². The minimum absolute atomic E-state index is 0.229. The molecule has 2 rings (SSSR count). The van der Waals surface area contributed by atoms with Gasteiger partial charge in [0.15, 0.2) is 0 Å². The van der Waals surface area contributed by atoms with Gasteiger partial charge in [-0.15, -0.1) is 0 Å². The first-order valence-electron chi connectivity index (χ1n) is 6.56. The molecule has 2 aromatic heterocycles. The summed E-state index contributed by atoms with van der Waals surface area (Å²) in [6.45, 7) is 4.15. The monoisotopic (exact) mass is 284 g/mol. The number of pyridine rings is 1. The molecule has 0 aliphatic rings. The van der Waals surface area contributed by atoms with Gasteiger partial charge in [0.2, 0.25) is 0 Å². The first kappa shape index (κ1) is 14.8. The van der Waals surface area contributed by atoms with Crippen LogP contribution >= 0.6 is 0 Å². The first-order chi connectivity index (χ1) is 10.1. The summed E-state index contributed by atoms with van der Waals surface area (Å²) in [6.07, 6.45) is 0. The SMILES string of the molecule is CCn1nc(C)cc1C(=O)Nc1cccc(C#CCO)n1. The van der Waals surface area contributed by atoms with Gasteiger partial charge in [0.05, 0.1) is 5.69 Å². The van der Waals surface area contributed by atoms with Crippen molar-refractivity contribution < 1.29 is 9.90 Å². The number of nitrogens with one attached hydrogen (secondary N) is 1. The number of carbonyl (C=O) groups is 1. The predicted octanol–water partition coefficient (Wildman–Crippen LogP) is 1.20. The molecule has 2 heterocycles. The smallest absolute Gasteiger partial charge is 0.275 e. The minimum atomic E-state index is -0.266. The number of amides is 1. The largest absolute Gasteiger partial charge is 0.384 e. The van der Waals surface area contributed by atoms with Gasteiger partial charge >= 0.3 is 0 Å². The fourth-order valence-electron chi connectivity index (χ4n) is 1.85. The number of rotatable bonds is 3. The fraction of sp³-hybridized carbons (Fsp3) is 0.267. The summed E-state index contributed by atoms with van der Waals surface area (Å²) in [5, 5.41) is 15.6. The van der Waals surface area contributed by atoms with Gasteiger partial charge in [0.1, 0.15) is 23.8 Å². The van der Waals surface area contributed by atoms with Crippen LogP contribution in [0.2, 0.25) is 0 Å². The van der Waals surface area contributed by atoms with Crippen molar-refractivity contribution in [3.8, 4) is 11.8 Å². The average molecular weight is 284 g/mol. The van der Waals surface area contributed by atoms with Gasteiger partial charge in [-0.05, 0) is 38.0 Å². The molecule has 0 aliphatic carbocycles. The molecule has 0 unspecified atom stereocenters. The Morgan fingerprint density at radius 1 is 1.48 bits per heavy atom. The molecule has 1 amide bonds. The highest BCUT2D eigenvalue weighted by molar-refractivity contribution is 6.02. The summed E-state index contributed by atoms with van der Waals surface area (Å²) in [7, 11) is 0. The van der Waals surface area contributed by atoms with Crippen LogP contribution in [0.15, 0.2) is 24.3 Å². The number of aryl methyl sites for hydroxylation is 2. The number of aromatic nitrogens is 3. The second-order valence-electron chi connectivity index (χ2n) is 4.31. The summed E-state index contributed by atoms with van der Waals surface area (Å²) < 4.78 is 1.64. The summed E-state index contributed by atoms with van der Waals surface area (Å²) in [6, 6.07) is 6.86. The van der Waals surface area contributed by atoms with Gasteiger partial charge in [-0.1, -0.05) is 12.0 Å². The van der Waals surface area contributed by atoms with Crippen molar-refractivity contribution in [3.05, 3.63) is 41.3 Å². The molecule has 21 heavy (non-hydrogen) atoms. The Balaban J connectivity index is 2.19. The highest BCUT2D eigenvalue weighted by Crippen LogP contribution is 2.09. The molecule has 0 atom stereocenters.